The zero-order valence-electron chi connectivity index (χ0n) is 16.5. The van der Waals surface area contributed by atoms with E-state index in [0.29, 0.717) is 18.4 Å². The van der Waals surface area contributed by atoms with Crippen molar-refractivity contribution >= 4 is 35.1 Å². The number of nitro benzene ring substituents is 1. The number of imide groups is 1. The first-order valence-corrected chi connectivity index (χ1v) is 9.44. The minimum absolute atomic E-state index is 0.0121. The van der Waals surface area contributed by atoms with E-state index >= 15 is 0 Å². The number of carbonyl (C=O) groups is 4. The number of allylic oxidation sites excluding steroid dienone is 2. The lowest BCUT2D eigenvalue weighted by atomic mass is 9.85. The van der Waals surface area contributed by atoms with Crippen molar-refractivity contribution in [1.29, 1.82) is 0 Å². The maximum Gasteiger partial charge on any atom is 0.329 e. The van der Waals surface area contributed by atoms with E-state index in [9.17, 15) is 29.3 Å². The van der Waals surface area contributed by atoms with Crippen molar-refractivity contribution in [2.45, 2.75) is 32.7 Å². The topological polar surface area (TPSA) is 136 Å². The van der Waals surface area contributed by atoms with Crippen molar-refractivity contribution in [3.8, 4) is 0 Å². The molecular weight excluding hydrogens is 394 g/mol. The van der Waals surface area contributed by atoms with Crippen molar-refractivity contribution in [2.75, 3.05) is 11.9 Å². The molecule has 0 spiro atoms. The van der Waals surface area contributed by atoms with Crippen molar-refractivity contribution in [1.82, 2.24) is 4.90 Å². The second-order valence-electron chi connectivity index (χ2n) is 7.26. The largest absolute Gasteiger partial charge is 0.454 e. The van der Waals surface area contributed by atoms with Crippen LogP contribution < -0.4 is 5.32 Å². The Labute approximate surface area is 172 Å². The number of hydrogen-bond donors (Lipinski definition) is 1. The van der Waals surface area contributed by atoms with E-state index in [0.717, 1.165) is 4.90 Å². The van der Waals surface area contributed by atoms with Crippen LogP contribution in [0.15, 0.2) is 30.4 Å². The smallest absolute Gasteiger partial charge is 0.329 e. The Kier molecular flexibility index (Phi) is 5.95. The summed E-state index contributed by atoms with van der Waals surface area (Å²) in [5.74, 6) is -3.45. The van der Waals surface area contributed by atoms with Gasteiger partial charge in [-0.1, -0.05) is 24.3 Å². The number of amides is 3. The van der Waals surface area contributed by atoms with Gasteiger partial charge in [-0.15, -0.1) is 0 Å². The van der Waals surface area contributed by atoms with Gasteiger partial charge in [0.25, 0.3) is 11.6 Å². The molecule has 1 aliphatic carbocycles. The molecule has 1 aliphatic heterocycles. The minimum atomic E-state index is -1.17. The summed E-state index contributed by atoms with van der Waals surface area (Å²) in [7, 11) is 0. The molecule has 3 rings (SSSR count). The molecule has 0 saturated carbocycles. The number of benzene rings is 1. The summed E-state index contributed by atoms with van der Waals surface area (Å²) < 4.78 is 4.96. The molecule has 1 N–H and O–H groups in total. The summed E-state index contributed by atoms with van der Waals surface area (Å²) in [5, 5.41) is 13.5. The van der Waals surface area contributed by atoms with Gasteiger partial charge in [0.15, 0.2) is 6.61 Å². The lowest BCUT2D eigenvalue weighted by Gasteiger charge is -2.21. The molecule has 158 valence electrons. The van der Waals surface area contributed by atoms with Gasteiger partial charge in [0.1, 0.15) is 11.7 Å². The van der Waals surface area contributed by atoms with Crippen LogP contribution in [0.4, 0.5) is 11.4 Å². The molecule has 0 aromatic heterocycles. The molecule has 0 unspecified atom stereocenters. The normalized spacial score (nSPS) is 21.2. The zero-order chi connectivity index (χ0) is 22.0. The van der Waals surface area contributed by atoms with E-state index in [-0.39, 0.29) is 11.4 Å². The first-order valence-electron chi connectivity index (χ1n) is 9.44. The van der Waals surface area contributed by atoms with E-state index in [1.165, 1.54) is 19.1 Å². The van der Waals surface area contributed by atoms with Crippen molar-refractivity contribution in [3.63, 3.8) is 0 Å². The molecule has 3 atom stereocenters. The van der Waals surface area contributed by atoms with Crippen molar-refractivity contribution in [2.24, 2.45) is 11.8 Å². The van der Waals surface area contributed by atoms with Gasteiger partial charge in [-0.05, 0) is 32.3 Å². The Hall–Kier alpha value is -3.56. The van der Waals surface area contributed by atoms with Crippen LogP contribution in [0, 0.1) is 28.9 Å². The van der Waals surface area contributed by atoms with Crippen molar-refractivity contribution in [3.05, 3.63) is 46.0 Å². The second-order valence-corrected chi connectivity index (χ2v) is 7.26. The first kappa shape index (κ1) is 21.2. The average molecular weight is 415 g/mol. The maximum atomic E-state index is 12.5. The molecule has 1 fully saturated rings. The van der Waals surface area contributed by atoms with Gasteiger partial charge in [0.2, 0.25) is 11.8 Å². The van der Waals surface area contributed by atoms with Gasteiger partial charge in [0.05, 0.1) is 16.8 Å². The van der Waals surface area contributed by atoms with E-state index in [1.54, 1.807) is 13.0 Å². The van der Waals surface area contributed by atoms with E-state index < -0.39 is 53.1 Å². The third-order valence-corrected chi connectivity index (χ3v) is 5.33. The Bertz CT molecular complexity index is 930. The predicted octanol–water partition coefficient (Wildman–Crippen LogP) is 1.72. The summed E-state index contributed by atoms with van der Waals surface area (Å²) in [5.41, 5.74) is 0.201. The van der Waals surface area contributed by atoms with Gasteiger partial charge in [-0.3, -0.25) is 29.4 Å². The van der Waals surface area contributed by atoms with Crippen LogP contribution in [-0.4, -0.2) is 46.2 Å². The molecular formula is C20H21N3O7. The number of rotatable bonds is 6. The highest BCUT2D eigenvalue weighted by molar-refractivity contribution is 6.08. The molecule has 2 aliphatic rings. The number of fused-ring (bicyclic) bond motifs is 1. The van der Waals surface area contributed by atoms with E-state index in [2.05, 4.69) is 5.32 Å². The maximum absolute atomic E-state index is 12.5. The fourth-order valence-electron chi connectivity index (χ4n) is 3.71. The molecule has 3 amide bonds. The summed E-state index contributed by atoms with van der Waals surface area (Å²) in [4.78, 5) is 61.0. The summed E-state index contributed by atoms with van der Waals surface area (Å²) >= 11 is 0. The molecule has 10 nitrogen and oxygen atoms in total. The number of nitrogens with one attached hydrogen (secondary N) is 1. The number of nitro groups is 1. The zero-order valence-corrected chi connectivity index (χ0v) is 16.5. The van der Waals surface area contributed by atoms with Crippen LogP contribution >= 0.6 is 0 Å². The fraction of sp³-hybridized carbons (Fsp3) is 0.400. The number of esters is 1. The standard InChI is InChI=1S/C20H21N3O7/c1-11-6-5-9-15(23(28)29)17(11)21-16(24)10-30-20(27)12(2)22-18(25)13-7-3-4-8-14(13)19(22)26/h3-6,9,12-14H,7-8,10H2,1-2H3,(H,21,24)/t12-,13-,14+/m0/s1. The molecule has 30 heavy (non-hydrogen) atoms. The number of hydrogen-bond acceptors (Lipinski definition) is 7. The molecule has 1 aromatic rings. The van der Waals surface area contributed by atoms with Crippen LogP contribution in [0.3, 0.4) is 0 Å². The van der Waals surface area contributed by atoms with Crippen LogP contribution in [0.2, 0.25) is 0 Å². The highest BCUT2D eigenvalue weighted by atomic mass is 16.6. The van der Waals surface area contributed by atoms with Gasteiger partial charge < -0.3 is 10.1 Å². The van der Waals surface area contributed by atoms with Gasteiger partial charge in [-0.2, -0.15) is 0 Å². The molecule has 0 radical (unpaired) electrons. The quantitative estimate of drug-likeness (QED) is 0.246. The van der Waals surface area contributed by atoms with Crippen LogP contribution in [0.5, 0.6) is 0 Å². The van der Waals surface area contributed by atoms with Crippen LogP contribution in [-0.2, 0) is 23.9 Å². The number of aryl methyl sites for hydroxylation is 1. The number of nitrogens with zero attached hydrogens (tertiary/aromatic N) is 2. The Morgan fingerprint density at radius 3 is 2.40 bits per heavy atom. The lowest BCUT2D eigenvalue weighted by Crippen LogP contribution is -2.45. The van der Waals surface area contributed by atoms with E-state index in [4.69, 9.17) is 4.74 Å². The highest BCUT2D eigenvalue weighted by Crippen LogP contribution is 2.36. The first-order chi connectivity index (χ1) is 14.2. The van der Waals surface area contributed by atoms with Crippen LogP contribution in [0.1, 0.15) is 25.3 Å². The molecule has 0 bridgehead atoms. The summed E-state index contributed by atoms with van der Waals surface area (Å²) in [6, 6.07) is 3.16. The third-order valence-electron chi connectivity index (χ3n) is 5.33. The Morgan fingerprint density at radius 2 is 1.83 bits per heavy atom. The molecule has 1 saturated heterocycles. The number of likely N-dealkylation sites (tertiary alicyclic amines) is 1. The van der Waals surface area contributed by atoms with Gasteiger partial charge >= 0.3 is 5.97 Å². The number of anilines is 1. The molecule has 1 heterocycles. The van der Waals surface area contributed by atoms with Gasteiger partial charge in [-0.25, -0.2) is 4.79 Å². The SMILES string of the molecule is Cc1cccc([N+](=O)[O-])c1NC(=O)COC(=O)[C@H](C)N1C(=O)[C@H]2CC=CC[C@H]2C1=O. The van der Waals surface area contributed by atoms with Crippen LogP contribution in [0.25, 0.3) is 0 Å². The summed E-state index contributed by atoms with van der Waals surface area (Å²) in [6.45, 7) is 2.25. The highest BCUT2D eigenvalue weighted by Gasteiger charge is 2.50. The predicted molar refractivity (Wildman–Crippen MR) is 104 cm³/mol. The summed E-state index contributed by atoms with van der Waals surface area (Å²) in [6.07, 6.45) is 4.58. The minimum Gasteiger partial charge on any atom is -0.454 e. The molecule has 10 heteroatoms. The fourth-order valence-corrected chi connectivity index (χ4v) is 3.71. The monoisotopic (exact) mass is 415 g/mol. The van der Waals surface area contributed by atoms with E-state index in [1.807, 2.05) is 12.2 Å². The number of para-hydroxylation sites is 1. The van der Waals surface area contributed by atoms with Crippen molar-refractivity contribution < 1.29 is 28.8 Å². The average Bonchev–Trinajstić information content (AvgIpc) is 2.97. The molecule has 1 aromatic carbocycles. The Balaban J connectivity index is 1.61. The Morgan fingerprint density at radius 1 is 1.23 bits per heavy atom. The number of carbonyl (C=O) groups excluding carboxylic acids is 4. The van der Waals surface area contributed by atoms with Gasteiger partial charge in [0, 0.05) is 6.07 Å². The third kappa shape index (κ3) is 3.93. The lowest BCUT2D eigenvalue weighted by molar-refractivity contribution is -0.384. The number of ether oxygens (including phenoxy) is 1. The second kappa shape index (κ2) is 8.44.